The van der Waals surface area contributed by atoms with E-state index < -0.39 is 30.2 Å². The Labute approximate surface area is 152 Å². The Balaban J connectivity index is 2.14. The first kappa shape index (κ1) is 19.4. The second-order valence-electron chi connectivity index (χ2n) is 5.09. The van der Waals surface area contributed by atoms with Crippen LogP contribution < -0.4 is 10.6 Å². The molecule has 0 atom stereocenters. The Bertz CT molecular complexity index is 832. The van der Waals surface area contributed by atoms with Crippen molar-refractivity contribution in [3.05, 3.63) is 40.4 Å². The maximum atomic E-state index is 14.1. The van der Waals surface area contributed by atoms with Crippen molar-refractivity contribution >= 4 is 29.4 Å². The summed E-state index contributed by atoms with van der Waals surface area (Å²) in [4.78, 5) is 34.9. The van der Waals surface area contributed by atoms with Gasteiger partial charge in [0.2, 0.25) is 5.91 Å². The molecule has 2 rings (SSSR count). The van der Waals surface area contributed by atoms with Crippen LogP contribution in [0.2, 0.25) is 5.02 Å². The van der Waals surface area contributed by atoms with Crippen LogP contribution in [0.5, 0.6) is 0 Å². The number of amides is 2. The molecule has 0 radical (unpaired) electrons. The highest BCUT2D eigenvalue weighted by molar-refractivity contribution is 6.33. The number of ether oxygens (including phenoxy) is 1. The van der Waals surface area contributed by atoms with Crippen LogP contribution in [0.15, 0.2) is 22.7 Å². The normalized spacial score (nSPS) is 10.3. The van der Waals surface area contributed by atoms with E-state index in [1.165, 1.54) is 26.1 Å². The molecule has 26 heavy (non-hydrogen) atoms. The van der Waals surface area contributed by atoms with Crippen LogP contribution in [0, 0.1) is 12.7 Å². The molecule has 2 amide bonds. The van der Waals surface area contributed by atoms with Crippen molar-refractivity contribution < 1.29 is 28.0 Å². The van der Waals surface area contributed by atoms with Gasteiger partial charge < -0.3 is 19.9 Å². The number of hydrogen-bond acceptors (Lipinski definition) is 6. The highest BCUT2D eigenvalue weighted by Crippen LogP contribution is 2.33. The number of hydrogen-bond donors (Lipinski definition) is 2. The van der Waals surface area contributed by atoms with Crippen molar-refractivity contribution in [2.45, 2.75) is 6.92 Å². The molecule has 2 aromatic rings. The SMILES string of the molecule is CNC(=O)CNC(=O)COC(=O)c1c(-c2c(F)cccc2Cl)noc1C. The number of carbonyl (C=O) groups excluding carboxylic acids is 3. The van der Waals surface area contributed by atoms with Gasteiger partial charge in [-0.25, -0.2) is 9.18 Å². The van der Waals surface area contributed by atoms with Crippen LogP contribution in [0.1, 0.15) is 16.1 Å². The van der Waals surface area contributed by atoms with E-state index in [9.17, 15) is 18.8 Å². The van der Waals surface area contributed by atoms with Crippen LogP contribution in [-0.4, -0.2) is 43.1 Å². The lowest BCUT2D eigenvalue weighted by Gasteiger charge is -2.07. The van der Waals surface area contributed by atoms with Gasteiger partial charge in [0.05, 0.1) is 17.1 Å². The van der Waals surface area contributed by atoms with Gasteiger partial charge in [-0.15, -0.1) is 0 Å². The number of likely N-dealkylation sites (N-methyl/N-ethyl adjacent to an activating group) is 1. The maximum absolute atomic E-state index is 14.1. The number of aromatic nitrogens is 1. The smallest absolute Gasteiger partial charge is 0.344 e. The van der Waals surface area contributed by atoms with Crippen LogP contribution in [0.25, 0.3) is 11.3 Å². The number of nitrogens with zero attached hydrogens (tertiary/aromatic N) is 1. The average Bonchev–Trinajstić information content (AvgIpc) is 2.98. The van der Waals surface area contributed by atoms with Crippen molar-refractivity contribution in [3.63, 3.8) is 0 Å². The first-order valence-corrected chi connectivity index (χ1v) is 7.78. The molecule has 0 bridgehead atoms. The third-order valence-electron chi connectivity index (χ3n) is 3.33. The Morgan fingerprint density at radius 2 is 2.04 bits per heavy atom. The van der Waals surface area contributed by atoms with Gasteiger partial charge in [0.15, 0.2) is 6.61 Å². The Morgan fingerprint density at radius 3 is 2.69 bits per heavy atom. The minimum Gasteiger partial charge on any atom is -0.452 e. The lowest BCUT2D eigenvalue weighted by molar-refractivity contribution is -0.127. The number of esters is 1. The fraction of sp³-hybridized carbons (Fsp3) is 0.250. The van der Waals surface area contributed by atoms with Gasteiger partial charge in [0.1, 0.15) is 22.8 Å². The molecule has 1 aromatic heterocycles. The Morgan fingerprint density at radius 1 is 1.31 bits per heavy atom. The molecule has 138 valence electrons. The summed E-state index contributed by atoms with van der Waals surface area (Å²) in [5.74, 6) is -2.64. The zero-order valence-corrected chi connectivity index (χ0v) is 14.6. The fourth-order valence-corrected chi connectivity index (χ4v) is 2.28. The Kier molecular flexibility index (Phi) is 6.29. The van der Waals surface area contributed by atoms with E-state index in [-0.39, 0.29) is 34.1 Å². The van der Waals surface area contributed by atoms with E-state index in [0.29, 0.717) is 0 Å². The van der Waals surface area contributed by atoms with E-state index in [1.54, 1.807) is 0 Å². The van der Waals surface area contributed by atoms with Crippen LogP contribution in [0.4, 0.5) is 4.39 Å². The number of aryl methyl sites for hydroxylation is 1. The summed E-state index contributed by atoms with van der Waals surface area (Å²) in [5.41, 5.74) is -0.375. The summed E-state index contributed by atoms with van der Waals surface area (Å²) in [5, 5.41) is 8.30. The molecule has 1 heterocycles. The second-order valence-corrected chi connectivity index (χ2v) is 5.49. The highest BCUT2D eigenvalue weighted by Gasteiger charge is 2.27. The summed E-state index contributed by atoms with van der Waals surface area (Å²) in [7, 11) is 1.42. The standard InChI is InChI=1S/C16H15ClFN3O5/c1-8-13(16(24)25-7-12(23)20-6-11(22)19-2)15(21-26-8)14-9(17)4-3-5-10(14)18/h3-5H,6-7H2,1-2H3,(H,19,22)(H,20,23). The molecule has 1 aromatic carbocycles. The van der Waals surface area contributed by atoms with Gasteiger partial charge in [-0.1, -0.05) is 22.8 Å². The minimum atomic E-state index is -0.937. The third kappa shape index (κ3) is 4.37. The first-order valence-electron chi connectivity index (χ1n) is 7.40. The lowest BCUT2D eigenvalue weighted by Crippen LogP contribution is -2.37. The molecule has 8 nitrogen and oxygen atoms in total. The van der Waals surface area contributed by atoms with Crippen LogP contribution in [0.3, 0.4) is 0 Å². The molecule has 0 aliphatic heterocycles. The van der Waals surface area contributed by atoms with E-state index in [0.717, 1.165) is 6.07 Å². The monoisotopic (exact) mass is 383 g/mol. The van der Waals surface area contributed by atoms with Crippen molar-refractivity contribution in [2.75, 3.05) is 20.2 Å². The van der Waals surface area contributed by atoms with Crippen molar-refractivity contribution in [1.29, 1.82) is 0 Å². The van der Waals surface area contributed by atoms with E-state index in [1.807, 2.05) is 0 Å². The van der Waals surface area contributed by atoms with E-state index >= 15 is 0 Å². The van der Waals surface area contributed by atoms with Gasteiger partial charge in [0.25, 0.3) is 5.91 Å². The number of benzene rings is 1. The molecule has 0 aliphatic carbocycles. The van der Waals surface area contributed by atoms with Crippen molar-refractivity contribution in [3.8, 4) is 11.3 Å². The summed E-state index contributed by atoms with van der Waals surface area (Å²) >= 11 is 5.99. The van der Waals surface area contributed by atoms with E-state index in [2.05, 4.69) is 15.8 Å². The van der Waals surface area contributed by atoms with Gasteiger partial charge in [-0.05, 0) is 19.1 Å². The third-order valence-corrected chi connectivity index (χ3v) is 3.64. The zero-order chi connectivity index (χ0) is 19.3. The molecular formula is C16H15ClFN3O5. The molecule has 0 saturated carbocycles. The van der Waals surface area contributed by atoms with E-state index in [4.69, 9.17) is 20.9 Å². The minimum absolute atomic E-state index is 0.0377. The summed E-state index contributed by atoms with van der Waals surface area (Å²) in [6, 6.07) is 4.00. The largest absolute Gasteiger partial charge is 0.452 e. The quantitative estimate of drug-likeness (QED) is 0.731. The molecular weight excluding hydrogens is 369 g/mol. The summed E-state index contributed by atoms with van der Waals surface area (Å²) in [6.07, 6.45) is 0. The average molecular weight is 384 g/mol. The topological polar surface area (TPSA) is 111 Å². The predicted molar refractivity (Wildman–Crippen MR) is 89.0 cm³/mol. The first-order chi connectivity index (χ1) is 12.3. The number of nitrogens with one attached hydrogen (secondary N) is 2. The molecule has 0 fully saturated rings. The number of rotatable bonds is 6. The molecule has 10 heteroatoms. The van der Waals surface area contributed by atoms with Crippen LogP contribution >= 0.6 is 11.6 Å². The number of halogens is 2. The predicted octanol–water partition coefficient (Wildman–Crippen LogP) is 1.46. The molecule has 0 spiro atoms. The molecule has 2 N–H and O–H groups in total. The van der Waals surface area contributed by atoms with Crippen molar-refractivity contribution in [2.24, 2.45) is 0 Å². The molecule has 0 aliphatic rings. The van der Waals surface area contributed by atoms with Gasteiger partial charge in [-0.3, -0.25) is 9.59 Å². The number of carbonyl (C=O) groups is 3. The lowest BCUT2D eigenvalue weighted by atomic mass is 10.1. The van der Waals surface area contributed by atoms with Gasteiger partial charge in [-0.2, -0.15) is 0 Å². The van der Waals surface area contributed by atoms with Crippen molar-refractivity contribution in [1.82, 2.24) is 15.8 Å². The van der Waals surface area contributed by atoms with Gasteiger partial charge in [0, 0.05) is 7.05 Å². The van der Waals surface area contributed by atoms with Crippen LogP contribution in [-0.2, 0) is 14.3 Å². The molecule has 0 saturated heterocycles. The Hall–Kier alpha value is -2.94. The highest BCUT2D eigenvalue weighted by atomic mass is 35.5. The maximum Gasteiger partial charge on any atom is 0.344 e. The van der Waals surface area contributed by atoms with Gasteiger partial charge >= 0.3 is 5.97 Å². The second kappa shape index (κ2) is 8.43. The fourth-order valence-electron chi connectivity index (χ4n) is 2.03. The summed E-state index contributed by atoms with van der Waals surface area (Å²) < 4.78 is 23.9. The summed E-state index contributed by atoms with van der Waals surface area (Å²) in [6.45, 7) is 0.549. The molecule has 0 unspecified atom stereocenters. The zero-order valence-electron chi connectivity index (χ0n) is 13.9.